The van der Waals surface area contributed by atoms with E-state index in [2.05, 4.69) is 0 Å². The second kappa shape index (κ2) is 6.83. The molecule has 1 aromatic rings. The van der Waals surface area contributed by atoms with Crippen molar-refractivity contribution in [2.24, 2.45) is 5.73 Å². The van der Waals surface area contributed by atoms with E-state index in [9.17, 15) is 9.90 Å². The zero-order valence-electron chi connectivity index (χ0n) is 11.8. The third kappa shape index (κ3) is 3.36. The van der Waals surface area contributed by atoms with Crippen LogP contribution in [-0.4, -0.2) is 42.2 Å². The Morgan fingerprint density at radius 2 is 2.20 bits per heavy atom. The number of carbonyl (C=O) groups excluding carboxylic acids is 1. The van der Waals surface area contributed by atoms with Gasteiger partial charge in [-0.15, -0.1) is 0 Å². The molecule has 110 valence electrons. The predicted octanol–water partition coefficient (Wildman–Crippen LogP) is 0.816. The Kier molecular flexibility index (Phi) is 5.11. The fourth-order valence-corrected chi connectivity index (χ4v) is 2.65. The highest BCUT2D eigenvalue weighted by atomic mass is 16.5. The molecular weight excluding hydrogens is 256 g/mol. The number of likely N-dealkylation sites (tertiary alicyclic amines) is 1. The molecule has 0 radical (unpaired) electrons. The first-order valence-corrected chi connectivity index (χ1v) is 6.94. The lowest BCUT2D eigenvalue weighted by molar-refractivity contribution is -0.146. The van der Waals surface area contributed by atoms with E-state index in [-0.39, 0.29) is 12.0 Å². The van der Waals surface area contributed by atoms with Gasteiger partial charge in [-0.05, 0) is 30.5 Å². The number of carbonyl (C=O) groups is 1. The van der Waals surface area contributed by atoms with Gasteiger partial charge in [0.15, 0.2) is 0 Å². The summed E-state index contributed by atoms with van der Waals surface area (Å²) in [6, 6.07) is 7.38. The highest BCUT2D eigenvalue weighted by Crippen LogP contribution is 2.23. The van der Waals surface area contributed by atoms with E-state index in [1.807, 2.05) is 29.2 Å². The normalized spacial score (nSPS) is 20.9. The lowest BCUT2D eigenvalue weighted by Gasteiger charge is -2.25. The standard InChI is InChI=1S/C15H22N2O3/c1-20-15(19)13-3-2-8-17(13)10-14(18)12-6-4-11(9-16)5-7-12/h4-7,13-14,18H,2-3,8-10,16H2,1H3. The van der Waals surface area contributed by atoms with Crippen LogP contribution in [0.1, 0.15) is 30.1 Å². The van der Waals surface area contributed by atoms with Gasteiger partial charge >= 0.3 is 5.97 Å². The van der Waals surface area contributed by atoms with Crippen LogP contribution in [-0.2, 0) is 16.1 Å². The van der Waals surface area contributed by atoms with Crippen LogP contribution in [0.2, 0.25) is 0 Å². The van der Waals surface area contributed by atoms with Crippen molar-refractivity contribution in [3.05, 3.63) is 35.4 Å². The summed E-state index contributed by atoms with van der Waals surface area (Å²) in [5.74, 6) is -0.215. The van der Waals surface area contributed by atoms with E-state index >= 15 is 0 Å². The van der Waals surface area contributed by atoms with Gasteiger partial charge < -0.3 is 15.6 Å². The molecule has 0 bridgehead atoms. The van der Waals surface area contributed by atoms with Crippen LogP contribution >= 0.6 is 0 Å². The molecule has 0 amide bonds. The maximum atomic E-state index is 11.7. The number of nitrogens with two attached hydrogens (primary N) is 1. The molecule has 5 heteroatoms. The van der Waals surface area contributed by atoms with Crippen LogP contribution in [0, 0.1) is 0 Å². The minimum absolute atomic E-state index is 0.215. The largest absolute Gasteiger partial charge is 0.468 e. The fourth-order valence-electron chi connectivity index (χ4n) is 2.65. The van der Waals surface area contributed by atoms with Gasteiger partial charge in [-0.25, -0.2) is 0 Å². The minimum atomic E-state index is -0.605. The summed E-state index contributed by atoms with van der Waals surface area (Å²) in [7, 11) is 1.40. The second-order valence-corrected chi connectivity index (χ2v) is 5.14. The molecule has 2 atom stereocenters. The summed E-state index contributed by atoms with van der Waals surface area (Å²) in [6.07, 6.45) is 1.15. The topological polar surface area (TPSA) is 75.8 Å². The third-order valence-electron chi connectivity index (χ3n) is 3.84. The highest BCUT2D eigenvalue weighted by Gasteiger charge is 2.32. The number of ether oxygens (including phenoxy) is 1. The van der Waals surface area contributed by atoms with Crippen molar-refractivity contribution >= 4 is 5.97 Å². The Hall–Kier alpha value is -1.43. The molecule has 1 heterocycles. The summed E-state index contributed by atoms with van der Waals surface area (Å²) in [4.78, 5) is 13.7. The first-order valence-electron chi connectivity index (χ1n) is 6.94. The van der Waals surface area contributed by atoms with Gasteiger partial charge in [0.05, 0.1) is 13.2 Å². The van der Waals surface area contributed by atoms with Crippen molar-refractivity contribution in [2.75, 3.05) is 20.2 Å². The molecule has 1 aliphatic heterocycles. The second-order valence-electron chi connectivity index (χ2n) is 5.14. The molecule has 0 saturated carbocycles. The van der Waals surface area contributed by atoms with E-state index in [1.165, 1.54) is 7.11 Å². The zero-order valence-corrected chi connectivity index (χ0v) is 11.8. The number of methoxy groups -OCH3 is 1. The van der Waals surface area contributed by atoms with Crippen molar-refractivity contribution in [1.29, 1.82) is 0 Å². The van der Waals surface area contributed by atoms with Gasteiger partial charge in [0, 0.05) is 13.1 Å². The van der Waals surface area contributed by atoms with E-state index in [0.717, 1.165) is 30.5 Å². The number of nitrogens with zero attached hydrogens (tertiary/aromatic N) is 1. The van der Waals surface area contributed by atoms with Gasteiger partial charge in [0.1, 0.15) is 6.04 Å². The Morgan fingerprint density at radius 3 is 2.80 bits per heavy atom. The van der Waals surface area contributed by atoms with Crippen LogP contribution < -0.4 is 5.73 Å². The quantitative estimate of drug-likeness (QED) is 0.780. The summed E-state index contributed by atoms with van der Waals surface area (Å²) in [5.41, 5.74) is 7.43. The summed E-state index contributed by atoms with van der Waals surface area (Å²) in [5, 5.41) is 10.3. The van der Waals surface area contributed by atoms with Gasteiger partial charge in [-0.3, -0.25) is 9.69 Å². The summed E-state index contributed by atoms with van der Waals surface area (Å²) < 4.78 is 4.81. The lowest BCUT2D eigenvalue weighted by Crippen LogP contribution is -2.39. The van der Waals surface area contributed by atoms with Crippen LogP contribution in [0.15, 0.2) is 24.3 Å². The first-order chi connectivity index (χ1) is 9.65. The molecule has 2 rings (SSSR count). The molecule has 1 fully saturated rings. The van der Waals surface area contributed by atoms with Gasteiger partial charge in [-0.1, -0.05) is 24.3 Å². The smallest absolute Gasteiger partial charge is 0.323 e. The predicted molar refractivity (Wildman–Crippen MR) is 75.9 cm³/mol. The molecule has 3 N–H and O–H groups in total. The highest BCUT2D eigenvalue weighted by molar-refractivity contribution is 5.75. The maximum Gasteiger partial charge on any atom is 0.323 e. The van der Waals surface area contributed by atoms with Crippen LogP contribution in [0.4, 0.5) is 0 Å². The zero-order chi connectivity index (χ0) is 14.5. The van der Waals surface area contributed by atoms with Crippen molar-refractivity contribution < 1.29 is 14.6 Å². The number of aliphatic hydroxyl groups excluding tert-OH is 1. The molecule has 0 aromatic heterocycles. The fraction of sp³-hybridized carbons (Fsp3) is 0.533. The first kappa shape index (κ1) is 15.0. The van der Waals surface area contributed by atoms with E-state index in [1.54, 1.807) is 0 Å². The van der Waals surface area contributed by atoms with Crippen LogP contribution in [0.5, 0.6) is 0 Å². The number of β-amino-alcohol motifs (C(OH)–C–C–N with tert-alkyl or cyclic N) is 1. The number of aliphatic hydroxyl groups is 1. The molecule has 0 spiro atoms. The summed E-state index contributed by atoms with van der Waals surface area (Å²) >= 11 is 0. The maximum absolute atomic E-state index is 11.7. The molecule has 2 unspecified atom stereocenters. The monoisotopic (exact) mass is 278 g/mol. The van der Waals surface area contributed by atoms with Crippen molar-refractivity contribution in [3.63, 3.8) is 0 Å². The van der Waals surface area contributed by atoms with E-state index < -0.39 is 6.10 Å². The van der Waals surface area contributed by atoms with Crippen LogP contribution in [0.3, 0.4) is 0 Å². The molecule has 1 saturated heterocycles. The molecule has 1 aliphatic rings. The lowest BCUT2D eigenvalue weighted by atomic mass is 10.1. The van der Waals surface area contributed by atoms with E-state index in [0.29, 0.717) is 13.1 Å². The Labute approximate surface area is 119 Å². The molecule has 1 aromatic carbocycles. The van der Waals surface area contributed by atoms with Crippen molar-refractivity contribution in [3.8, 4) is 0 Å². The SMILES string of the molecule is COC(=O)C1CCCN1CC(O)c1ccc(CN)cc1. The Bertz CT molecular complexity index is 447. The Morgan fingerprint density at radius 1 is 1.50 bits per heavy atom. The number of esters is 1. The van der Waals surface area contributed by atoms with Crippen molar-refractivity contribution in [2.45, 2.75) is 31.5 Å². The number of hydrogen-bond acceptors (Lipinski definition) is 5. The van der Waals surface area contributed by atoms with Crippen LogP contribution in [0.25, 0.3) is 0 Å². The minimum Gasteiger partial charge on any atom is -0.468 e. The van der Waals surface area contributed by atoms with E-state index in [4.69, 9.17) is 10.5 Å². The molecule has 20 heavy (non-hydrogen) atoms. The summed E-state index contributed by atoms with van der Waals surface area (Å²) in [6.45, 7) is 1.76. The molecule has 5 nitrogen and oxygen atoms in total. The molecular formula is C15H22N2O3. The van der Waals surface area contributed by atoms with Gasteiger partial charge in [-0.2, -0.15) is 0 Å². The third-order valence-corrected chi connectivity index (χ3v) is 3.84. The number of benzene rings is 1. The van der Waals surface area contributed by atoms with Gasteiger partial charge in [0.25, 0.3) is 0 Å². The molecule has 0 aliphatic carbocycles. The average molecular weight is 278 g/mol. The average Bonchev–Trinajstić information content (AvgIpc) is 2.94. The van der Waals surface area contributed by atoms with Crippen molar-refractivity contribution in [1.82, 2.24) is 4.90 Å². The Balaban J connectivity index is 1.99. The number of rotatable bonds is 5. The van der Waals surface area contributed by atoms with Gasteiger partial charge in [0.2, 0.25) is 0 Å². The number of hydrogen-bond donors (Lipinski definition) is 2.